The Morgan fingerprint density at radius 1 is 0.935 bits per heavy atom. The molecule has 0 N–H and O–H groups in total. The first kappa shape index (κ1) is 22.2. The third-order valence-corrected chi connectivity index (χ3v) is 4.83. The van der Waals surface area contributed by atoms with E-state index in [2.05, 4.69) is 12.0 Å². The van der Waals surface area contributed by atoms with Crippen LogP contribution in [-0.2, 0) is 20.8 Å². The monoisotopic (exact) mass is 422 g/mol. The van der Waals surface area contributed by atoms with Crippen molar-refractivity contribution in [3.05, 3.63) is 71.4 Å². The maximum absolute atomic E-state index is 12.8. The van der Waals surface area contributed by atoms with E-state index in [0.717, 1.165) is 18.4 Å². The maximum Gasteiger partial charge on any atom is 0.357 e. The summed E-state index contributed by atoms with van der Waals surface area (Å²) in [5, 5.41) is 4.65. The Hall–Kier alpha value is -3.45. The third kappa shape index (κ3) is 4.83. The largest absolute Gasteiger partial charge is 0.465 e. The van der Waals surface area contributed by atoms with Crippen LogP contribution >= 0.6 is 0 Å². The average Bonchev–Trinajstić information content (AvgIpc) is 3.22. The number of rotatable bonds is 9. The number of aromatic nitrogens is 2. The molecule has 0 aliphatic rings. The molecule has 0 aliphatic heterocycles. The van der Waals surface area contributed by atoms with E-state index in [0.29, 0.717) is 30.2 Å². The van der Waals surface area contributed by atoms with Gasteiger partial charge in [0.2, 0.25) is 0 Å². The maximum atomic E-state index is 12.8. The summed E-state index contributed by atoms with van der Waals surface area (Å²) < 4.78 is 17.2. The van der Waals surface area contributed by atoms with Gasteiger partial charge in [0.25, 0.3) is 0 Å². The minimum Gasteiger partial charge on any atom is -0.465 e. The van der Waals surface area contributed by atoms with Crippen LogP contribution in [0.3, 0.4) is 0 Å². The summed E-state index contributed by atoms with van der Waals surface area (Å²) in [5.74, 6) is -1.35. The zero-order valence-corrected chi connectivity index (χ0v) is 18.0. The Bertz CT molecular complexity index is 1040. The molecule has 0 saturated heterocycles. The van der Waals surface area contributed by atoms with E-state index >= 15 is 0 Å². The van der Waals surface area contributed by atoms with Gasteiger partial charge in [-0.2, -0.15) is 5.10 Å². The van der Waals surface area contributed by atoms with Crippen LogP contribution in [0.15, 0.2) is 54.6 Å². The van der Waals surface area contributed by atoms with Gasteiger partial charge in [-0.1, -0.05) is 55.8 Å². The van der Waals surface area contributed by atoms with Crippen molar-refractivity contribution in [2.45, 2.75) is 26.4 Å². The standard InChI is InChI=1S/C24H26N2O5/c1-4-5-15-31-16-17-11-9-10-14-19(17)21-20(23(27)29-2)22(24(28)30-3)26(25-21)18-12-7-6-8-13-18/h6-14H,4-5,15-16H2,1-3H3. The summed E-state index contributed by atoms with van der Waals surface area (Å²) in [6, 6.07) is 16.6. The fraction of sp³-hybridized carbons (Fsp3) is 0.292. The molecule has 0 radical (unpaired) electrons. The van der Waals surface area contributed by atoms with Gasteiger partial charge in [0.05, 0.1) is 26.5 Å². The van der Waals surface area contributed by atoms with Crippen LogP contribution in [0.25, 0.3) is 16.9 Å². The van der Waals surface area contributed by atoms with Gasteiger partial charge in [-0.15, -0.1) is 0 Å². The molecule has 0 aliphatic carbocycles. The number of benzene rings is 2. The fourth-order valence-corrected chi connectivity index (χ4v) is 3.25. The highest BCUT2D eigenvalue weighted by molar-refractivity contribution is 6.07. The zero-order valence-electron chi connectivity index (χ0n) is 18.0. The number of hydrogen-bond donors (Lipinski definition) is 0. The predicted octanol–water partition coefficient (Wildman–Crippen LogP) is 4.43. The summed E-state index contributed by atoms with van der Waals surface area (Å²) in [7, 11) is 2.54. The second-order valence-electron chi connectivity index (χ2n) is 6.87. The van der Waals surface area contributed by atoms with Crippen molar-refractivity contribution in [3.63, 3.8) is 0 Å². The van der Waals surface area contributed by atoms with E-state index in [1.54, 1.807) is 12.1 Å². The van der Waals surface area contributed by atoms with Crippen molar-refractivity contribution >= 4 is 11.9 Å². The van der Waals surface area contributed by atoms with Crippen molar-refractivity contribution in [1.82, 2.24) is 9.78 Å². The molecule has 7 nitrogen and oxygen atoms in total. The number of carbonyl (C=O) groups is 2. The van der Waals surface area contributed by atoms with Crippen molar-refractivity contribution in [1.29, 1.82) is 0 Å². The molecule has 162 valence electrons. The molecule has 3 aromatic rings. The Balaban J connectivity index is 2.20. The average molecular weight is 422 g/mol. The zero-order chi connectivity index (χ0) is 22.2. The van der Waals surface area contributed by atoms with E-state index in [1.807, 2.05) is 42.5 Å². The number of carbonyl (C=O) groups excluding carboxylic acids is 2. The van der Waals surface area contributed by atoms with Gasteiger partial charge >= 0.3 is 11.9 Å². The van der Waals surface area contributed by atoms with E-state index in [1.165, 1.54) is 18.9 Å². The number of methoxy groups -OCH3 is 2. The Morgan fingerprint density at radius 2 is 1.61 bits per heavy atom. The van der Waals surface area contributed by atoms with Crippen LogP contribution in [0.5, 0.6) is 0 Å². The smallest absolute Gasteiger partial charge is 0.357 e. The van der Waals surface area contributed by atoms with Gasteiger partial charge in [-0.05, 0) is 24.1 Å². The first-order valence-corrected chi connectivity index (χ1v) is 10.1. The van der Waals surface area contributed by atoms with Crippen molar-refractivity contribution in [2.24, 2.45) is 0 Å². The number of unbranched alkanes of at least 4 members (excludes halogenated alkanes) is 1. The second kappa shape index (κ2) is 10.5. The molecule has 3 rings (SSSR count). The fourth-order valence-electron chi connectivity index (χ4n) is 3.25. The molecule has 7 heteroatoms. The highest BCUT2D eigenvalue weighted by Crippen LogP contribution is 2.31. The normalized spacial score (nSPS) is 10.7. The molecule has 31 heavy (non-hydrogen) atoms. The van der Waals surface area contributed by atoms with Crippen LogP contribution < -0.4 is 0 Å². The molecule has 1 aromatic heterocycles. The molecule has 2 aromatic carbocycles. The van der Waals surface area contributed by atoms with E-state index in [4.69, 9.17) is 14.2 Å². The lowest BCUT2D eigenvalue weighted by atomic mass is 10.0. The lowest BCUT2D eigenvalue weighted by molar-refractivity contribution is 0.0549. The molecular weight excluding hydrogens is 396 g/mol. The lowest BCUT2D eigenvalue weighted by Crippen LogP contribution is -2.15. The highest BCUT2D eigenvalue weighted by atomic mass is 16.5. The van der Waals surface area contributed by atoms with Gasteiger partial charge in [0.1, 0.15) is 11.3 Å². The van der Waals surface area contributed by atoms with E-state index in [9.17, 15) is 9.59 Å². The molecule has 0 bridgehead atoms. The number of esters is 2. The highest BCUT2D eigenvalue weighted by Gasteiger charge is 2.32. The molecular formula is C24H26N2O5. The first-order chi connectivity index (χ1) is 15.1. The summed E-state index contributed by atoms with van der Waals surface area (Å²) in [5.41, 5.74) is 2.58. The summed E-state index contributed by atoms with van der Waals surface area (Å²) in [4.78, 5) is 25.5. The predicted molar refractivity (Wildman–Crippen MR) is 116 cm³/mol. The minimum absolute atomic E-state index is 0.0113. The minimum atomic E-state index is -0.681. The van der Waals surface area contributed by atoms with Gasteiger partial charge in [-0.25, -0.2) is 14.3 Å². The summed E-state index contributed by atoms with van der Waals surface area (Å²) >= 11 is 0. The van der Waals surface area contributed by atoms with Crippen molar-refractivity contribution in [2.75, 3.05) is 20.8 Å². The second-order valence-corrected chi connectivity index (χ2v) is 6.87. The Morgan fingerprint density at radius 3 is 2.29 bits per heavy atom. The van der Waals surface area contributed by atoms with Crippen LogP contribution in [0.2, 0.25) is 0 Å². The molecule has 0 atom stereocenters. The number of hydrogen-bond acceptors (Lipinski definition) is 6. The van der Waals surface area contributed by atoms with E-state index < -0.39 is 11.9 Å². The molecule has 0 unspecified atom stereocenters. The van der Waals surface area contributed by atoms with E-state index in [-0.39, 0.29) is 11.3 Å². The molecule has 0 saturated carbocycles. The van der Waals surface area contributed by atoms with Gasteiger partial charge in [-0.3, -0.25) is 0 Å². The number of ether oxygens (including phenoxy) is 3. The van der Waals surface area contributed by atoms with Gasteiger partial charge in [0, 0.05) is 12.2 Å². The quantitative estimate of drug-likeness (QED) is 0.375. The van der Waals surface area contributed by atoms with Crippen molar-refractivity contribution < 1.29 is 23.8 Å². The van der Waals surface area contributed by atoms with Crippen LogP contribution in [0.1, 0.15) is 46.2 Å². The van der Waals surface area contributed by atoms with Crippen molar-refractivity contribution in [3.8, 4) is 16.9 Å². The van der Waals surface area contributed by atoms with Crippen LogP contribution in [0.4, 0.5) is 0 Å². The molecule has 1 heterocycles. The lowest BCUT2D eigenvalue weighted by Gasteiger charge is -2.10. The van der Waals surface area contributed by atoms with Gasteiger partial charge in [0.15, 0.2) is 5.69 Å². The SMILES string of the molecule is CCCCOCc1ccccc1-c1nn(-c2ccccc2)c(C(=O)OC)c1C(=O)OC. The molecule has 0 fully saturated rings. The Labute approximate surface area is 181 Å². The first-order valence-electron chi connectivity index (χ1n) is 10.1. The number of para-hydroxylation sites is 1. The Kier molecular flexibility index (Phi) is 7.56. The van der Waals surface area contributed by atoms with Crippen LogP contribution in [0, 0.1) is 0 Å². The molecule has 0 amide bonds. The topological polar surface area (TPSA) is 79.7 Å². The summed E-state index contributed by atoms with van der Waals surface area (Å²) in [6.07, 6.45) is 2.00. The van der Waals surface area contributed by atoms with Gasteiger partial charge < -0.3 is 14.2 Å². The third-order valence-electron chi connectivity index (χ3n) is 4.83. The van der Waals surface area contributed by atoms with Crippen LogP contribution in [-0.4, -0.2) is 42.5 Å². The summed E-state index contributed by atoms with van der Waals surface area (Å²) in [6.45, 7) is 3.10. The number of nitrogens with zero attached hydrogens (tertiary/aromatic N) is 2. The molecule has 0 spiro atoms.